The van der Waals surface area contributed by atoms with E-state index in [0.717, 1.165) is 36.0 Å². The fraction of sp³-hybridized carbons (Fsp3) is 0.500. The topological polar surface area (TPSA) is 75.9 Å². The van der Waals surface area contributed by atoms with Crippen LogP contribution in [0.15, 0.2) is 54.9 Å². The standard InChI is InChI=1S/C36H47N3O2/c1-3-5-7-9-11-12-14-15-17-29-19-24-34(33(25-29)26-37)41-36(40)32-22-20-31(21-23-32)35-38-27-30(28-39-35)18-16-13-10-8-6-4-2/h19-25,27-28H,3-18H2,1-2H3. The molecular formula is C36H47N3O2. The van der Waals surface area contributed by atoms with E-state index in [1.165, 1.54) is 83.5 Å². The summed E-state index contributed by atoms with van der Waals surface area (Å²) in [6.45, 7) is 4.48. The largest absolute Gasteiger partial charge is 0.422 e. The summed E-state index contributed by atoms with van der Waals surface area (Å²) in [4.78, 5) is 21.9. The first kappa shape index (κ1) is 32.0. The Morgan fingerprint density at radius 2 is 1.24 bits per heavy atom. The van der Waals surface area contributed by atoms with Gasteiger partial charge in [-0.2, -0.15) is 5.26 Å². The third kappa shape index (κ3) is 11.5. The number of hydrogen-bond donors (Lipinski definition) is 0. The minimum atomic E-state index is -0.487. The number of nitriles is 1. The Labute approximate surface area is 247 Å². The number of aryl methyl sites for hydroxylation is 2. The molecule has 2 aromatic carbocycles. The van der Waals surface area contributed by atoms with Crippen molar-refractivity contribution < 1.29 is 9.53 Å². The molecule has 0 aliphatic rings. The molecule has 0 amide bonds. The van der Waals surface area contributed by atoms with E-state index in [0.29, 0.717) is 22.7 Å². The average molecular weight is 554 g/mol. The van der Waals surface area contributed by atoms with Crippen LogP contribution in [-0.4, -0.2) is 15.9 Å². The molecule has 0 spiro atoms. The molecule has 218 valence electrons. The van der Waals surface area contributed by atoms with Crippen LogP contribution >= 0.6 is 0 Å². The second kappa shape index (κ2) is 18.8. The minimum Gasteiger partial charge on any atom is -0.422 e. The smallest absolute Gasteiger partial charge is 0.343 e. The molecule has 41 heavy (non-hydrogen) atoms. The van der Waals surface area contributed by atoms with Gasteiger partial charge >= 0.3 is 5.97 Å². The molecule has 0 unspecified atom stereocenters. The first-order valence-corrected chi connectivity index (χ1v) is 15.8. The van der Waals surface area contributed by atoms with Crippen molar-refractivity contribution in [2.75, 3.05) is 0 Å². The Morgan fingerprint density at radius 1 is 0.707 bits per heavy atom. The van der Waals surface area contributed by atoms with Crippen molar-refractivity contribution in [1.82, 2.24) is 9.97 Å². The van der Waals surface area contributed by atoms with Crippen LogP contribution in [0.25, 0.3) is 11.4 Å². The lowest BCUT2D eigenvalue weighted by Gasteiger charge is -2.09. The molecule has 0 atom stereocenters. The second-order valence-electron chi connectivity index (χ2n) is 11.1. The van der Waals surface area contributed by atoms with Gasteiger partial charge in [-0.05, 0) is 61.1 Å². The molecule has 0 radical (unpaired) electrons. The molecule has 0 fully saturated rings. The van der Waals surface area contributed by atoms with Crippen molar-refractivity contribution >= 4 is 5.97 Å². The van der Waals surface area contributed by atoms with Gasteiger partial charge in [0.15, 0.2) is 5.82 Å². The number of ether oxygens (including phenoxy) is 1. The zero-order chi connectivity index (χ0) is 29.1. The van der Waals surface area contributed by atoms with Crippen molar-refractivity contribution in [3.05, 3.63) is 77.1 Å². The van der Waals surface area contributed by atoms with Crippen molar-refractivity contribution in [3.8, 4) is 23.2 Å². The van der Waals surface area contributed by atoms with Gasteiger partial charge in [0.25, 0.3) is 0 Å². The first-order chi connectivity index (χ1) is 20.1. The summed E-state index contributed by atoms with van der Waals surface area (Å²) < 4.78 is 5.60. The SMILES string of the molecule is CCCCCCCCCCc1ccc(OC(=O)c2ccc(-c3ncc(CCCCCCCC)cn3)cc2)c(C#N)c1. The van der Waals surface area contributed by atoms with Gasteiger partial charge in [-0.3, -0.25) is 0 Å². The van der Waals surface area contributed by atoms with Crippen LogP contribution in [0.2, 0.25) is 0 Å². The van der Waals surface area contributed by atoms with E-state index in [-0.39, 0.29) is 0 Å². The third-order valence-electron chi connectivity index (χ3n) is 7.59. The number of nitrogens with zero attached hydrogens (tertiary/aromatic N) is 3. The lowest BCUT2D eigenvalue weighted by molar-refractivity contribution is 0.0734. The third-order valence-corrected chi connectivity index (χ3v) is 7.59. The highest BCUT2D eigenvalue weighted by atomic mass is 16.5. The molecule has 3 aromatic rings. The zero-order valence-electron chi connectivity index (χ0n) is 25.2. The molecule has 0 aliphatic heterocycles. The van der Waals surface area contributed by atoms with E-state index in [4.69, 9.17) is 4.74 Å². The highest BCUT2D eigenvalue weighted by Crippen LogP contribution is 2.23. The van der Waals surface area contributed by atoms with Gasteiger partial charge in [0, 0.05) is 18.0 Å². The van der Waals surface area contributed by atoms with Crippen LogP contribution in [0.3, 0.4) is 0 Å². The molecule has 0 aliphatic carbocycles. The van der Waals surface area contributed by atoms with Gasteiger partial charge in [0.05, 0.1) is 11.1 Å². The summed E-state index contributed by atoms with van der Waals surface area (Å²) in [6, 6.07) is 14.8. The maximum atomic E-state index is 12.8. The number of benzene rings is 2. The fourth-order valence-electron chi connectivity index (χ4n) is 5.03. The predicted molar refractivity (Wildman–Crippen MR) is 167 cm³/mol. The molecule has 3 rings (SSSR count). The molecule has 0 saturated heterocycles. The van der Waals surface area contributed by atoms with Crippen molar-refractivity contribution in [2.24, 2.45) is 0 Å². The first-order valence-electron chi connectivity index (χ1n) is 15.8. The number of esters is 1. The van der Waals surface area contributed by atoms with Crippen LogP contribution < -0.4 is 4.74 Å². The highest BCUT2D eigenvalue weighted by Gasteiger charge is 2.13. The van der Waals surface area contributed by atoms with E-state index < -0.39 is 5.97 Å². The molecule has 5 nitrogen and oxygen atoms in total. The molecule has 0 saturated carbocycles. The highest BCUT2D eigenvalue weighted by molar-refractivity contribution is 5.91. The number of carbonyl (C=O) groups is 1. The Morgan fingerprint density at radius 3 is 1.80 bits per heavy atom. The summed E-state index contributed by atoms with van der Waals surface area (Å²) in [6.07, 6.45) is 23.5. The van der Waals surface area contributed by atoms with Gasteiger partial charge < -0.3 is 4.74 Å². The average Bonchev–Trinajstić information content (AvgIpc) is 3.01. The van der Waals surface area contributed by atoms with Crippen LogP contribution in [0.4, 0.5) is 0 Å². The Kier molecular flexibility index (Phi) is 14.6. The maximum Gasteiger partial charge on any atom is 0.343 e. The fourth-order valence-corrected chi connectivity index (χ4v) is 5.03. The lowest BCUT2D eigenvalue weighted by atomic mass is 10.0. The molecule has 1 aromatic heterocycles. The number of carbonyl (C=O) groups excluding carboxylic acids is 1. The minimum absolute atomic E-state index is 0.297. The Balaban J connectivity index is 1.47. The van der Waals surface area contributed by atoms with E-state index in [9.17, 15) is 10.1 Å². The number of hydrogen-bond acceptors (Lipinski definition) is 5. The van der Waals surface area contributed by atoms with Crippen LogP contribution in [0.1, 0.15) is 131 Å². The number of aromatic nitrogens is 2. The molecular weight excluding hydrogens is 506 g/mol. The van der Waals surface area contributed by atoms with Gasteiger partial charge in [0.2, 0.25) is 0 Å². The summed E-state index contributed by atoms with van der Waals surface area (Å²) in [5.41, 5.74) is 3.91. The van der Waals surface area contributed by atoms with Gasteiger partial charge in [0.1, 0.15) is 11.8 Å². The van der Waals surface area contributed by atoms with E-state index >= 15 is 0 Å². The summed E-state index contributed by atoms with van der Waals surface area (Å²) in [5.74, 6) is 0.445. The summed E-state index contributed by atoms with van der Waals surface area (Å²) >= 11 is 0. The Hall–Kier alpha value is -3.52. The maximum absolute atomic E-state index is 12.8. The zero-order valence-corrected chi connectivity index (χ0v) is 25.2. The normalized spacial score (nSPS) is 10.9. The monoisotopic (exact) mass is 553 g/mol. The van der Waals surface area contributed by atoms with Crippen molar-refractivity contribution in [1.29, 1.82) is 5.26 Å². The van der Waals surface area contributed by atoms with Crippen LogP contribution in [-0.2, 0) is 12.8 Å². The molecule has 0 bridgehead atoms. The van der Waals surface area contributed by atoms with Crippen LogP contribution in [0, 0.1) is 11.3 Å². The van der Waals surface area contributed by atoms with Gasteiger partial charge in [-0.1, -0.05) is 109 Å². The summed E-state index contributed by atoms with van der Waals surface area (Å²) in [7, 11) is 0. The second-order valence-corrected chi connectivity index (χ2v) is 11.1. The van der Waals surface area contributed by atoms with Gasteiger partial charge in [-0.15, -0.1) is 0 Å². The quantitative estimate of drug-likeness (QED) is 0.0839. The van der Waals surface area contributed by atoms with E-state index in [1.807, 2.05) is 36.7 Å². The summed E-state index contributed by atoms with van der Waals surface area (Å²) in [5, 5.41) is 9.66. The van der Waals surface area contributed by atoms with Gasteiger partial charge in [-0.25, -0.2) is 14.8 Å². The van der Waals surface area contributed by atoms with E-state index in [2.05, 4.69) is 29.9 Å². The van der Waals surface area contributed by atoms with E-state index in [1.54, 1.807) is 18.2 Å². The van der Waals surface area contributed by atoms with Crippen LogP contribution in [0.5, 0.6) is 5.75 Å². The Bertz CT molecular complexity index is 1210. The molecule has 0 N–H and O–H groups in total. The number of unbranched alkanes of at least 4 members (excludes halogenated alkanes) is 12. The van der Waals surface area contributed by atoms with Crippen molar-refractivity contribution in [2.45, 2.75) is 117 Å². The molecule has 1 heterocycles. The molecule has 5 heteroatoms. The lowest BCUT2D eigenvalue weighted by Crippen LogP contribution is -2.09. The number of rotatable bonds is 19. The van der Waals surface area contributed by atoms with Crippen molar-refractivity contribution in [3.63, 3.8) is 0 Å². The predicted octanol–water partition coefficient (Wildman–Crippen LogP) is 9.82.